The predicted octanol–water partition coefficient (Wildman–Crippen LogP) is 5.12. The summed E-state index contributed by atoms with van der Waals surface area (Å²) in [7, 11) is 0. The van der Waals surface area contributed by atoms with Gasteiger partial charge in [0.1, 0.15) is 15.5 Å². The molecule has 3 aromatic heterocycles. The number of hydrogen-bond acceptors (Lipinski definition) is 7. The van der Waals surface area contributed by atoms with Crippen LogP contribution in [0.1, 0.15) is 28.9 Å². The van der Waals surface area contributed by atoms with Gasteiger partial charge in [0.05, 0.1) is 28.6 Å². The molecule has 0 bridgehead atoms. The van der Waals surface area contributed by atoms with Gasteiger partial charge in [-0.2, -0.15) is 0 Å². The topological polar surface area (TPSA) is 126 Å². The summed E-state index contributed by atoms with van der Waals surface area (Å²) in [6.45, 7) is 3.50. The van der Waals surface area contributed by atoms with Gasteiger partial charge < -0.3 is 20.7 Å². The molecule has 4 heterocycles. The number of benzene rings is 1. The number of urea groups is 1. The van der Waals surface area contributed by atoms with Gasteiger partial charge in [-0.25, -0.2) is 14.8 Å². The maximum atomic E-state index is 13.4. The Hall–Kier alpha value is -4.77. The molecule has 196 valence electrons. The fourth-order valence-electron chi connectivity index (χ4n) is 4.96. The Morgan fingerprint density at radius 1 is 1.08 bits per heavy atom. The Balaban J connectivity index is 1.27. The van der Waals surface area contributed by atoms with E-state index in [-0.39, 0.29) is 23.9 Å². The van der Waals surface area contributed by atoms with E-state index in [9.17, 15) is 14.4 Å². The van der Waals surface area contributed by atoms with E-state index < -0.39 is 6.03 Å². The molecule has 1 unspecified atom stereocenters. The molecule has 3 N–H and O–H groups in total. The van der Waals surface area contributed by atoms with Crippen molar-refractivity contribution in [3.8, 4) is 11.6 Å². The van der Waals surface area contributed by atoms with Crippen molar-refractivity contribution in [2.45, 2.75) is 31.3 Å². The Morgan fingerprint density at radius 3 is 2.62 bits per heavy atom. The monoisotopic (exact) mass is 540 g/mol. The van der Waals surface area contributed by atoms with Gasteiger partial charge in [0.2, 0.25) is 11.8 Å². The molecule has 2 atom stereocenters. The highest BCUT2D eigenvalue weighted by Crippen LogP contribution is 2.45. The molecular weight excluding hydrogens is 516 g/mol. The SMILES string of the molecule is C=CC(=O)NC1CCC[C@H]1NC(=O)c1sc2nccc3c2c1NC(=O)N3c1ccc(Oc2ccccc2)nc1. The second kappa shape index (κ2) is 10.2. The Bertz CT molecular complexity index is 1590. The maximum Gasteiger partial charge on any atom is 0.331 e. The molecule has 11 heteroatoms. The molecule has 39 heavy (non-hydrogen) atoms. The number of aromatic nitrogens is 2. The van der Waals surface area contributed by atoms with Gasteiger partial charge in [-0.05, 0) is 49.6 Å². The molecule has 2 aliphatic rings. The normalized spacial score (nSPS) is 17.9. The second-order valence-electron chi connectivity index (χ2n) is 9.18. The number of amides is 4. The third-order valence-electron chi connectivity index (χ3n) is 6.74. The number of ether oxygens (including phenoxy) is 1. The first-order valence-electron chi connectivity index (χ1n) is 12.5. The van der Waals surface area contributed by atoms with E-state index in [0.717, 1.165) is 19.3 Å². The molecule has 6 rings (SSSR count). The maximum absolute atomic E-state index is 13.4. The lowest BCUT2D eigenvalue weighted by Crippen LogP contribution is -2.48. The standard InChI is InChI=1S/C28H24N6O4S/c1-2-21(35)31-18-9-6-10-19(18)32-26(36)25-24-23-20(13-14-29-27(23)39-25)34(28(37)33-24)16-11-12-22(30-15-16)38-17-7-4-3-5-8-17/h2-5,7-8,11-15,18-19H,1,6,9-10H2,(H,31,35)(H,32,36)(H,33,37)/t18?,19-/m1/s1. The first-order valence-corrected chi connectivity index (χ1v) is 13.3. The van der Waals surface area contributed by atoms with Crippen molar-refractivity contribution in [2.24, 2.45) is 0 Å². The lowest BCUT2D eigenvalue weighted by molar-refractivity contribution is -0.117. The summed E-state index contributed by atoms with van der Waals surface area (Å²) in [6.07, 6.45) is 6.80. The molecule has 1 aromatic carbocycles. The number of carbonyl (C=O) groups excluding carboxylic acids is 3. The summed E-state index contributed by atoms with van der Waals surface area (Å²) < 4.78 is 5.77. The molecule has 1 aliphatic heterocycles. The summed E-state index contributed by atoms with van der Waals surface area (Å²) in [5, 5.41) is 9.50. The van der Waals surface area contributed by atoms with E-state index >= 15 is 0 Å². The van der Waals surface area contributed by atoms with Crippen LogP contribution < -0.4 is 25.6 Å². The van der Waals surface area contributed by atoms with Crippen molar-refractivity contribution in [2.75, 3.05) is 10.2 Å². The number of nitrogens with zero attached hydrogens (tertiary/aromatic N) is 3. The molecule has 1 saturated carbocycles. The zero-order valence-corrected chi connectivity index (χ0v) is 21.5. The number of anilines is 3. The van der Waals surface area contributed by atoms with Crippen LogP contribution in [-0.2, 0) is 4.79 Å². The molecule has 10 nitrogen and oxygen atoms in total. The quantitative estimate of drug-likeness (QED) is 0.280. The van der Waals surface area contributed by atoms with E-state index in [1.54, 1.807) is 30.6 Å². The highest BCUT2D eigenvalue weighted by atomic mass is 32.1. The Morgan fingerprint density at radius 2 is 1.87 bits per heavy atom. The highest BCUT2D eigenvalue weighted by molar-refractivity contribution is 7.21. The van der Waals surface area contributed by atoms with Crippen molar-refractivity contribution in [1.82, 2.24) is 20.6 Å². The third kappa shape index (κ3) is 4.68. The summed E-state index contributed by atoms with van der Waals surface area (Å²) in [5.74, 6) is 0.465. The fraction of sp³-hybridized carbons (Fsp3) is 0.179. The van der Waals surface area contributed by atoms with Crippen LogP contribution >= 0.6 is 11.3 Å². The van der Waals surface area contributed by atoms with Gasteiger partial charge in [-0.15, -0.1) is 11.3 Å². The molecule has 0 radical (unpaired) electrons. The van der Waals surface area contributed by atoms with Crippen molar-refractivity contribution >= 4 is 56.5 Å². The van der Waals surface area contributed by atoms with Crippen molar-refractivity contribution in [1.29, 1.82) is 0 Å². The molecule has 1 fully saturated rings. The van der Waals surface area contributed by atoms with Crippen LogP contribution in [0.3, 0.4) is 0 Å². The first-order chi connectivity index (χ1) is 19.0. The number of rotatable bonds is 7. The van der Waals surface area contributed by atoms with Gasteiger partial charge in [0.25, 0.3) is 5.91 Å². The predicted molar refractivity (Wildman–Crippen MR) is 149 cm³/mol. The molecule has 0 spiro atoms. The van der Waals surface area contributed by atoms with Crippen LogP contribution in [0.15, 0.2) is 73.6 Å². The van der Waals surface area contributed by atoms with Crippen LogP contribution in [0, 0.1) is 0 Å². The third-order valence-corrected chi connectivity index (χ3v) is 7.84. The second-order valence-corrected chi connectivity index (χ2v) is 10.2. The average Bonchev–Trinajstić information content (AvgIpc) is 3.54. The average molecular weight is 541 g/mol. The Kier molecular flexibility index (Phi) is 6.41. The first kappa shape index (κ1) is 24.6. The largest absolute Gasteiger partial charge is 0.439 e. The van der Waals surface area contributed by atoms with Crippen LogP contribution in [0.5, 0.6) is 11.6 Å². The van der Waals surface area contributed by atoms with E-state index in [0.29, 0.717) is 43.8 Å². The highest BCUT2D eigenvalue weighted by Gasteiger charge is 2.35. The van der Waals surface area contributed by atoms with E-state index in [2.05, 4.69) is 32.5 Å². The summed E-state index contributed by atoms with van der Waals surface area (Å²) in [4.78, 5) is 49.9. The van der Waals surface area contributed by atoms with Crippen LogP contribution in [-0.4, -0.2) is 39.9 Å². The van der Waals surface area contributed by atoms with Gasteiger partial charge >= 0.3 is 6.03 Å². The smallest absolute Gasteiger partial charge is 0.331 e. The Labute approximate surface area is 227 Å². The molecular formula is C28H24N6O4S. The minimum Gasteiger partial charge on any atom is -0.439 e. The van der Waals surface area contributed by atoms with Crippen molar-refractivity contribution < 1.29 is 19.1 Å². The zero-order valence-electron chi connectivity index (χ0n) is 20.7. The number of para-hydroxylation sites is 1. The van der Waals surface area contributed by atoms with E-state index in [1.165, 1.54) is 22.3 Å². The van der Waals surface area contributed by atoms with Crippen molar-refractivity contribution in [3.63, 3.8) is 0 Å². The summed E-state index contributed by atoms with van der Waals surface area (Å²) >= 11 is 1.21. The summed E-state index contributed by atoms with van der Waals surface area (Å²) in [6, 6.07) is 13.7. The molecule has 0 saturated heterocycles. The minimum atomic E-state index is -0.419. The van der Waals surface area contributed by atoms with Gasteiger partial charge in [0.15, 0.2) is 0 Å². The number of hydrogen-bond donors (Lipinski definition) is 3. The lowest BCUT2D eigenvalue weighted by Gasteiger charge is -2.28. The number of pyridine rings is 2. The fourth-order valence-corrected chi connectivity index (χ4v) is 5.98. The zero-order chi connectivity index (χ0) is 26.9. The summed E-state index contributed by atoms with van der Waals surface area (Å²) in [5.41, 5.74) is 1.57. The van der Waals surface area contributed by atoms with Gasteiger partial charge in [-0.3, -0.25) is 14.5 Å². The van der Waals surface area contributed by atoms with E-state index in [1.807, 2.05) is 30.3 Å². The number of carbonyl (C=O) groups is 3. The van der Waals surface area contributed by atoms with Crippen LogP contribution in [0.25, 0.3) is 10.2 Å². The van der Waals surface area contributed by atoms with Crippen LogP contribution in [0.2, 0.25) is 0 Å². The number of nitrogens with one attached hydrogen (secondary N) is 3. The van der Waals surface area contributed by atoms with E-state index in [4.69, 9.17) is 4.74 Å². The molecule has 4 aromatic rings. The number of thiophene rings is 1. The molecule has 1 aliphatic carbocycles. The lowest BCUT2D eigenvalue weighted by atomic mass is 10.1. The van der Waals surface area contributed by atoms with Gasteiger partial charge in [0, 0.05) is 24.3 Å². The molecule has 4 amide bonds. The van der Waals surface area contributed by atoms with Gasteiger partial charge in [-0.1, -0.05) is 24.8 Å². The van der Waals surface area contributed by atoms with Crippen molar-refractivity contribution in [3.05, 3.63) is 78.5 Å². The minimum absolute atomic E-state index is 0.176. The van der Waals surface area contributed by atoms with Crippen LogP contribution in [0.4, 0.5) is 21.9 Å².